The van der Waals surface area contributed by atoms with Crippen molar-refractivity contribution >= 4 is 11.9 Å². The van der Waals surface area contributed by atoms with Crippen LogP contribution < -0.4 is 0 Å². The van der Waals surface area contributed by atoms with Crippen molar-refractivity contribution in [2.24, 2.45) is 5.92 Å². The van der Waals surface area contributed by atoms with Gasteiger partial charge in [0.1, 0.15) is 0 Å². The SMILES string of the molecule is CCCC(CC(=O)O)C(O)(O)C(=O)O. The highest BCUT2D eigenvalue weighted by Crippen LogP contribution is 2.23. The first kappa shape index (κ1) is 12.9. The summed E-state index contributed by atoms with van der Waals surface area (Å²) in [6, 6.07) is 0. The second-order valence-corrected chi connectivity index (χ2v) is 3.11. The lowest BCUT2D eigenvalue weighted by molar-refractivity contribution is -0.224. The average Bonchev–Trinajstić information content (AvgIpc) is 2.02. The highest BCUT2D eigenvalue weighted by molar-refractivity contribution is 5.77. The van der Waals surface area contributed by atoms with Crippen LogP contribution in [0.4, 0.5) is 0 Å². The minimum absolute atomic E-state index is 0.131. The van der Waals surface area contributed by atoms with E-state index in [9.17, 15) is 9.59 Å². The van der Waals surface area contributed by atoms with E-state index in [4.69, 9.17) is 20.4 Å². The van der Waals surface area contributed by atoms with Gasteiger partial charge in [0, 0.05) is 5.92 Å². The van der Waals surface area contributed by atoms with Crippen molar-refractivity contribution in [2.45, 2.75) is 32.0 Å². The van der Waals surface area contributed by atoms with E-state index >= 15 is 0 Å². The topological polar surface area (TPSA) is 115 Å². The van der Waals surface area contributed by atoms with E-state index in [-0.39, 0.29) is 6.42 Å². The van der Waals surface area contributed by atoms with E-state index in [1.165, 1.54) is 0 Å². The second kappa shape index (κ2) is 4.92. The molecule has 0 aliphatic rings. The minimum atomic E-state index is -2.96. The molecule has 0 amide bonds. The van der Waals surface area contributed by atoms with E-state index in [2.05, 4.69) is 0 Å². The lowest BCUT2D eigenvalue weighted by atomic mass is 9.90. The number of hydrogen-bond donors (Lipinski definition) is 4. The molecular weight excluding hydrogens is 192 g/mol. The maximum Gasteiger partial charge on any atom is 0.364 e. The van der Waals surface area contributed by atoms with E-state index in [0.29, 0.717) is 6.42 Å². The maximum absolute atomic E-state index is 10.4. The summed E-state index contributed by atoms with van der Waals surface area (Å²) in [5.41, 5.74) is 0. The zero-order valence-corrected chi connectivity index (χ0v) is 7.80. The average molecular weight is 206 g/mol. The number of aliphatic hydroxyl groups is 2. The largest absolute Gasteiger partial charge is 0.481 e. The number of carboxylic acids is 2. The van der Waals surface area contributed by atoms with Crippen molar-refractivity contribution in [3.8, 4) is 0 Å². The van der Waals surface area contributed by atoms with Crippen molar-refractivity contribution < 1.29 is 30.0 Å². The van der Waals surface area contributed by atoms with Gasteiger partial charge in [-0.25, -0.2) is 4.79 Å². The van der Waals surface area contributed by atoms with Crippen LogP contribution in [0.5, 0.6) is 0 Å². The molecule has 0 aromatic rings. The van der Waals surface area contributed by atoms with Crippen LogP contribution in [0, 0.1) is 5.92 Å². The predicted octanol–water partition coefficient (Wildman–Crippen LogP) is -0.357. The molecule has 0 radical (unpaired) electrons. The third-order valence-electron chi connectivity index (χ3n) is 1.94. The Balaban J connectivity index is 4.62. The summed E-state index contributed by atoms with van der Waals surface area (Å²) in [4.78, 5) is 20.8. The number of rotatable bonds is 6. The van der Waals surface area contributed by atoms with Gasteiger partial charge in [-0.15, -0.1) is 0 Å². The van der Waals surface area contributed by atoms with Crippen molar-refractivity contribution in [2.75, 3.05) is 0 Å². The lowest BCUT2D eigenvalue weighted by Crippen LogP contribution is -2.46. The summed E-state index contributed by atoms with van der Waals surface area (Å²) >= 11 is 0. The molecule has 82 valence electrons. The highest BCUT2D eigenvalue weighted by Gasteiger charge is 2.42. The van der Waals surface area contributed by atoms with Crippen molar-refractivity contribution in [1.29, 1.82) is 0 Å². The van der Waals surface area contributed by atoms with Crippen molar-refractivity contribution in [3.05, 3.63) is 0 Å². The standard InChI is InChI=1S/C8H14O6/c1-2-3-5(4-6(9)10)8(13,14)7(11)12/h5,13-14H,2-4H2,1H3,(H,9,10)(H,11,12). The fraction of sp³-hybridized carbons (Fsp3) is 0.750. The van der Waals surface area contributed by atoms with Gasteiger partial charge in [0.25, 0.3) is 5.79 Å². The van der Waals surface area contributed by atoms with Crippen LogP contribution in [0.15, 0.2) is 0 Å². The van der Waals surface area contributed by atoms with Crippen LogP contribution in [-0.2, 0) is 9.59 Å². The molecule has 4 N–H and O–H groups in total. The first-order chi connectivity index (χ1) is 6.32. The molecule has 0 fully saturated rings. The number of aliphatic carboxylic acids is 2. The Hall–Kier alpha value is -1.14. The van der Waals surface area contributed by atoms with Crippen LogP contribution in [0.2, 0.25) is 0 Å². The highest BCUT2D eigenvalue weighted by atomic mass is 16.5. The Morgan fingerprint density at radius 3 is 2.07 bits per heavy atom. The molecular formula is C8H14O6. The van der Waals surface area contributed by atoms with Gasteiger partial charge in [-0.05, 0) is 6.42 Å². The molecule has 6 nitrogen and oxygen atoms in total. The first-order valence-electron chi connectivity index (χ1n) is 4.22. The fourth-order valence-electron chi connectivity index (χ4n) is 1.18. The molecule has 0 saturated carbocycles. The van der Waals surface area contributed by atoms with Crippen LogP contribution in [0.3, 0.4) is 0 Å². The van der Waals surface area contributed by atoms with Gasteiger partial charge in [0.15, 0.2) is 0 Å². The first-order valence-corrected chi connectivity index (χ1v) is 4.22. The zero-order chi connectivity index (χ0) is 11.4. The summed E-state index contributed by atoms with van der Waals surface area (Å²) in [7, 11) is 0. The number of carboxylic acid groups (broad SMARTS) is 2. The summed E-state index contributed by atoms with van der Waals surface area (Å²) < 4.78 is 0. The van der Waals surface area contributed by atoms with Crippen LogP contribution >= 0.6 is 0 Å². The summed E-state index contributed by atoms with van der Waals surface area (Å²) in [6.45, 7) is 1.70. The summed E-state index contributed by atoms with van der Waals surface area (Å²) in [5.74, 6) is -7.23. The maximum atomic E-state index is 10.4. The van der Waals surface area contributed by atoms with Gasteiger partial charge < -0.3 is 20.4 Å². The summed E-state index contributed by atoms with van der Waals surface area (Å²) in [5, 5.41) is 35.1. The summed E-state index contributed by atoms with van der Waals surface area (Å²) in [6.07, 6.45) is 0.0346. The number of hydrogen-bond acceptors (Lipinski definition) is 4. The monoisotopic (exact) mass is 206 g/mol. The van der Waals surface area contributed by atoms with Gasteiger partial charge in [-0.2, -0.15) is 0 Å². The van der Waals surface area contributed by atoms with Gasteiger partial charge in [-0.1, -0.05) is 13.3 Å². The van der Waals surface area contributed by atoms with Crippen LogP contribution in [-0.4, -0.2) is 38.2 Å². The molecule has 14 heavy (non-hydrogen) atoms. The quantitative estimate of drug-likeness (QED) is 0.441. The molecule has 0 aromatic heterocycles. The zero-order valence-electron chi connectivity index (χ0n) is 7.80. The Morgan fingerprint density at radius 2 is 1.79 bits per heavy atom. The van der Waals surface area contributed by atoms with Gasteiger partial charge in [0.2, 0.25) is 0 Å². The molecule has 0 aromatic carbocycles. The van der Waals surface area contributed by atoms with E-state index in [1.54, 1.807) is 6.92 Å². The second-order valence-electron chi connectivity index (χ2n) is 3.11. The minimum Gasteiger partial charge on any atom is -0.481 e. The fourth-order valence-corrected chi connectivity index (χ4v) is 1.18. The van der Waals surface area contributed by atoms with Gasteiger partial charge in [-0.3, -0.25) is 4.79 Å². The Labute approximate surface area is 80.8 Å². The lowest BCUT2D eigenvalue weighted by Gasteiger charge is -2.25. The molecule has 6 heteroatoms. The van der Waals surface area contributed by atoms with Crippen molar-refractivity contribution in [1.82, 2.24) is 0 Å². The number of carbonyl (C=O) groups is 2. The van der Waals surface area contributed by atoms with E-state index in [1.807, 2.05) is 0 Å². The van der Waals surface area contributed by atoms with Gasteiger partial charge >= 0.3 is 11.9 Å². The Bertz CT molecular complexity index is 222. The molecule has 0 rings (SSSR count). The molecule has 1 atom stereocenters. The molecule has 0 aliphatic heterocycles. The molecule has 1 unspecified atom stereocenters. The smallest absolute Gasteiger partial charge is 0.364 e. The molecule has 0 bridgehead atoms. The van der Waals surface area contributed by atoms with E-state index in [0.717, 1.165) is 0 Å². The third kappa shape index (κ3) is 3.31. The third-order valence-corrected chi connectivity index (χ3v) is 1.94. The molecule has 0 aliphatic carbocycles. The normalized spacial score (nSPS) is 13.6. The van der Waals surface area contributed by atoms with Crippen LogP contribution in [0.25, 0.3) is 0 Å². The Morgan fingerprint density at radius 1 is 1.29 bits per heavy atom. The molecule has 0 heterocycles. The van der Waals surface area contributed by atoms with E-state index < -0.39 is 30.1 Å². The van der Waals surface area contributed by atoms with Crippen molar-refractivity contribution in [3.63, 3.8) is 0 Å². The Kier molecular flexibility index (Phi) is 4.52. The van der Waals surface area contributed by atoms with Crippen LogP contribution in [0.1, 0.15) is 26.2 Å². The molecule has 0 saturated heterocycles. The molecule has 0 spiro atoms. The van der Waals surface area contributed by atoms with Gasteiger partial charge in [0.05, 0.1) is 6.42 Å². The predicted molar refractivity (Wildman–Crippen MR) is 45.5 cm³/mol.